The zero-order chi connectivity index (χ0) is 15.4. The second-order valence-electron chi connectivity index (χ2n) is 4.54. The average molecular weight is 376 g/mol. The van der Waals surface area contributed by atoms with E-state index in [4.69, 9.17) is 11.6 Å². The molecule has 0 radical (unpaired) electrons. The third kappa shape index (κ3) is 3.96. The topological polar surface area (TPSA) is 49.8 Å². The molecule has 22 heavy (non-hydrogen) atoms. The summed E-state index contributed by atoms with van der Waals surface area (Å²) in [5, 5.41) is 7.03. The molecular formula is C16H12BrClN4. The van der Waals surface area contributed by atoms with Gasteiger partial charge in [0.1, 0.15) is 5.82 Å². The molecule has 1 heterocycles. The molecule has 0 saturated carbocycles. The van der Waals surface area contributed by atoms with Gasteiger partial charge >= 0.3 is 0 Å². The summed E-state index contributed by atoms with van der Waals surface area (Å²) >= 11 is 9.41. The third-order valence-electron chi connectivity index (χ3n) is 2.83. The Bertz CT molecular complexity index is 732. The van der Waals surface area contributed by atoms with Gasteiger partial charge in [-0.1, -0.05) is 39.7 Å². The normalized spacial score (nSPS) is 10.3. The zero-order valence-electron chi connectivity index (χ0n) is 11.4. The largest absolute Gasteiger partial charge is 0.340 e. The molecule has 6 heteroatoms. The van der Waals surface area contributed by atoms with Crippen LogP contribution >= 0.6 is 27.5 Å². The first-order valence-corrected chi connectivity index (χ1v) is 7.74. The molecule has 0 atom stereocenters. The summed E-state index contributed by atoms with van der Waals surface area (Å²) in [5.74, 6) is 1.21. The summed E-state index contributed by atoms with van der Waals surface area (Å²) in [6, 6.07) is 17.1. The van der Waals surface area contributed by atoms with Crippen LogP contribution in [0.2, 0.25) is 5.02 Å². The molecule has 0 fully saturated rings. The number of halogens is 2. The van der Waals surface area contributed by atoms with E-state index < -0.39 is 0 Å². The maximum atomic E-state index is 5.97. The van der Waals surface area contributed by atoms with Crippen molar-refractivity contribution in [3.8, 4) is 0 Å². The molecule has 110 valence electrons. The quantitative estimate of drug-likeness (QED) is 0.643. The third-order valence-corrected chi connectivity index (χ3v) is 3.56. The van der Waals surface area contributed by atoms with Gasteiger partial charge in [-0.2, -0.15) is 4.98 Å². The molecule has 2 aromatic carbocycles. The molecule has 0 amide bonds. The Morgan fingerprint density at radius 2 is 1.68 bits per heavy atom. The van der Waals surface area contributed by atoms with Crippen LogP contribution in [0.25, 0.3) is 0 Å². The predicted octanol–water partition coefficient (Wildman–Crippen LogP) is 5.38. The minimum absolute atomic E-state index is 0.519. The molecular weight excluding hydrogens is 364 g/mol. The van der Waals surface area contributed by atoms with Crippen molar-refractivity contribution in [1.82, 2.24) is 9.97 Å². The first-order chi connectivity index (χ1) is 10.7. The minimum atomic E-state index is 0.519. The van der Waals surface area contributed by atoms with Crippen LogP contribution in [-0.4, -0.2) is 9.97 Å². The monoisotopic (exact) mass is 374 g/mol. The van der Waals surface area contributed by atoms with Gasteiger partial charge in [-0.3, -0.25) is 0 Å². The van der Waals surface area contributed by atoms with E-state index >= 15 is 0 Å². The second kappa shape index (κ2) is 6.77. The molecule has 0 saturated heterocycles. The van der Waals surface area contributed by atoms with Crippen LogP contribution < -0.4 is 10.6 Å². The van der Waals surface area contributed by atoms with E-state index in [1.54, 1.807) is 12.3 Å². The molecule has 3 aromatic rings. The first kappa shape index (κ1) is 14.8. The van der Waals surface area contributed by atoms with Gasteiger partial charge in [0.25, 0.3) is 0 Å². The minimum Gasteiger partial charge on any atom is -0.340 e. The van der Waals surface area contributed by atoms with Crippen LogP contribution in [0, 0.1) is 0 Å². The molecule has 0 bridgehead atoms. The maximum absolute atomic E-state index is 5.97. The van der Waals surface area contributed by atoms with Gasteiger partial charge in [-0.25, -0.2) is 4.98 Å². The smallest absolute Gasteiger partial charge is 0.229 e. The van der Waals surface area contributed by atoms with Gasteiger partial charge in [0.05, 0.1) is 0 Å². The van der Waals surface area contributed by atoms with Crippen LogP contribution in [0.3, 0.4) is 0 Å². The van der Waals surface area contributed by atoms with E-state index in [0.29, 0.717) is 16.8 Å². The molecule has 2 N–H and O–H groups in total. The van der Waals surface area contributed by atoms with E-state index in [1.807, 2.05) is 48.5 Å². The molecule has 0 aliphatic carbocycles. The lowest BCUT2D eigenvalue weighted by Gasteiger charge is -2.09. The van der Waals surface area contributed by atoms with Crippen molar-refractivity contribution in [2.75, 3.05) is 10.6 Å². The van der Waals surface area contributed by atoms with E-state index in [9.17, 15) is 0 Å². The number of aromatic nitrogens is 2. The highest BCUT2D eigenvalue weighted by atomic mass is 79.9. The van der Waals surface area contributed by atoms with Crippen molar-refractivity contribution >= 4 is 50.7 Å². The SMILES string of the molecule is Clc1cccc(Nc2ccnc(Nc3cccc(Br)c3)n2)c1. The van der Waals surface area contributed by atoms with Crippen molar-refractivity contribution in [3.63, 3.8) is 0 Å². The standard InChI is InChI=1S/C16H12BrClN4/c17-11-3-1-5-13(9-11)21-16-19-8-7-15(22-16)20-14-6-2-4-12(18)10-14/h1-10H,(H2,19,20,21,22). The summed E-state index contributed by atoms with van der Waals surface area (Å²) in [5.41, 5.74) is 1.79. The van der Waals surface area contributed by atoms with E-state index in [0.717, 1.165) is 15.8 Å². The fourth-order valence-electron chi connectivity index (χ4n) is 1.90. The van der Waals surface area contributed by atoms with Gasteiger partial charge < -0.3 is 10.6 Å². The Morgan fingerprint density at radius 1 is 0.909 bits per heavy atom. The Kier molecular flexibility index (Phi) is 4.56. The van der Waals surface area contributed by atoms with Gasteiger partial charge in [0.15, 0.2) is 0 Å². The Labute approximate surface area is 141 Å². The van der Waals surface area contributed by atoms with Crippen LogP contribution in [0.15, 0.2) is 65.3 Å². The molecule has 0 unspecified atom stereocenters. The number of anilines is 4. The van der Waals surface area contributed by atoms with Crippen LogP contribution in [-0.2, 0) is 0 Å². The number of benzene rings is 2. The van der Waals surface area contributed by atoms with Crippen LogP contribution in [0.4, 0.5) is 23.1 Å². The van der Waals surface area contributed by atoms with Gasteiger partial charge in [-0.15, -0.1) is 0 Å². The molecule has 0 aliphatic heterocycles. The van der Waals surface area contributed by atoms with E-state index in [-0.39, 0.29) is 0 Å². The van der Waals surface area contributed by atoms with Crippen molar-refractivity contribution < 1.29 is 0 Å². The van der Waals surface area contributed by atoms with Crippen molar-refractivity contribution in [2.24, 2.45) is 0 Å². The van der Waals surface area contributed by atoms with Crippen LogP contribution in [0.5, 0.6) is 0 Å². The van der Waals surface area contributed by atoms with Gasteiger partial charge in [0.2, 0.25) is 5.95 Å². The van der Waals surface area contributed by atoms with Gasteiger partial charge in [-0.05, 0) is 42.5 Å². The molecule has 0 aliphatic rings. The van der Waals surface area contributed by atoms with E-state index in [2.05, 4.69) is 36.5 Å². The Hall–Kier alpha value is -2.11. The fourth-order valence-corrected chi connectivity index (χ4v) is 2.49. The maximum Gasteiger partial charge on any atom is 0.229 e. The van der Waals surface area contributed by atoms with Crippen molar-refractivity contribution in [2.45, 2.75) is 0 Å². The number of hydrogen-bond donors (Lipinski definition) is 2. The summed E-state index contributed by atoms with van der Waals surface area (Å²) in [6.07, 6.45) is 1.69. The van der Waals surface area contributed by atoms with E-state index in [1.165, 1.54) is 0 Å². The zero-order valence-corrected chi connectivity index (χ0v) is 13.8. The second-order valence-corrected chi connectivity index (χ2v) is 5.89. The fraction of sp³-hybridized carbons (Fsp3) is 0. The highest BCUT2D eigenvalue weighted by molar-refractivity contribution is 9.10. The molecule has 0 spiro atoms. The van der Waals surface area contributed by atoms with Crippen molar-refractivity contribution in [1.29, 1.82) is 0 Å². The molecule has 4 nitrogen and oxygen atoms in total. The Morgan fingerprint density at radius 3 is 2.45 bits per heavy atom. The molecule has 3 rings (SSSR count). The highest BCUT2D eigenvalue weighted by Crippen LogP contribution is 2.21. The molecule has 1 aromatic heterocycles. The summed E-state index contributed by atoms with van der Waals surface area (Å²) in [6.45, 7) is 0. The number of nitrogens with one attached hydrogen (secondary N) is 2. The predicted molar refractivity (Wildman–Crippen MR) is 94.2 cm³/mol. The van der Waals surface area contributed by atoms with Crippen LogP contribution in [0.1, 0.15) is 0 Å². The lowest BCUT2D eigenvalue weighted by atomic mass is 10.3. The van der Waals surface area contributed by atoms with Crippen molar-refractivity contribution in [3.05, 3.63) is 70.3 Å². The number of nitrogens with zero attached hydrogens (tertiary/aromatic N) is 2. The Balaban J connectivity index is 1.78. The lowest BCUT2D eigenvalue weighted by Crippen LogP contribution is -2.00. The average Bonchev–Trinajstić information content (AvgIpc) is 2.47. The summed E-state index contributed by atoms with van der Waals surface area (Å²) in [7, 11) is 0. The number of hydrogen-bond acceptors (Lipinski definition) is 4. The highest BCUT2D eigenvalue weighted by Gasteiger charge is 2.02. The van der Waals surface area contributed by atoms with Gasteiger partial charge in [0, 0.05) is 27.1 Å². The summed E-state index contributed by atoms with van der Waals surface area (Å²) in [4.78, 5) is 8.65. The summed E-state index contributed by atoms with van der Waals surface area (Å²) < 4.78 is 0.991. The number of rotatable bonds is 4. The lowest BCUT2D eigenvalue weighted by molar-refractivity contribution is 1.16. The first-order valence-electron chi connectivity index (χ1n) is 6.57.